The smallest absolute Gasteiger partial charge is 0.411 e. The van der Waals surface area contributed by atoms with Crippen molar-refractivity contribution in [1.82, 2.24) is 9.80 Å². The van der Waals surface area contributed by atoms with Gasteiger partial charge < -0.3 is 14.7 Å². The number of rotatable bonds is 5. The number of aliphatic hydroxyl groups excluding tert-OH is 1. The van der Waals surface area contributed by atoms with Crippen molar-refractivity contribution in [3.05, 3.63) is 71.8 Å². The molecular formula is C21H22N2O4. The van der Waals surface area contributed by atoms with Crippen molar-refractivity contribution in [2.45, 2.75) is 37.7 Å². The number of β-lactam (4-membered cyclic amide) rings is 1. The Morgan fingerprint density at radius 1 is 1.07 bits per heavy atom. The van der Waals surface area contributed by atoms with Gasteiger partial charge in [0, 0.05) is 6.54 Å². The first kappa shape index (κ1) is 17.5. The standard InChI is InChI=1S/C21H22N2O4/c1-14(24)18-19(20(25)22(18)12-15-8-4-2-5-9-15)23-17(13-27-21(23)26)16-10-6-3-7-11-16/h2-11,14,17-19,24H,12-13H2,1H3/t14-,17+,18+,19-/m0/s1. The summed E-state index contributed by atoms with van der Waals surface area (Å²) in [5.74, 6) is -0.162. The summed E-state index contributed by atoms with van der Waals surface area (Å²) in [4.78, 5) is 28.5. The molecule has 0 unspecified atom stereocenters. The number of carbonyl (C=O) groups excluding carboxylic acids is 2. The summed E-state index contributed by atoms with van der Waals surface area (Å²) in [6, 6.07) is 17.7. The quantitative estimate of drug-likeness (QED) is 0.825. The molecule has 0 spiro atoms. The molecule has 0 bridgehead atoms. The molecule has 2 aliphatic heterocycles. The van der Waals surface area contributed by atoms with E-state index in [1.54, 1.807) is 11.8 Å². The van der Waals surface area contributed by atoms with E-state index in [4.69, 9.17) is 4.74 Å². The van der Waals surface area contributed by atoms with E-state index in [-0.39, 0.29) is 18.6 Å². The van der Waals surface area contributed by atoms with Crippen molar-refractivity contribution in [1.29, 1.82) is 0 Å². The molecule has 2 aliphatic rings. The summed E-state index contributed by atoms with van der Waals surface area (Å²) in [7, 11) is 0. The van der Waals surface area contributed by atoms with Crippen molar-refractivity contribution in [3.8, 4) is 0 Å². The maximum atomic E-state index is 13.0. The molecular weight excluding hydrogens is 344 g/mol. The van der Waals surface area contributed by atoms with Gasteiger partial charge in [0.1, 0.15) is 12.6 Å². The second-order valence-electron chi connectivity index (χ2n) is 7.04. The normalized spacial score (nSPS) is 25.9. The summed E-state index contributed by atoms with van der Waals surface area (Å²) >= 11 is 0. The predicted molar refractivity (Wildman–Crippen MR) is 98.6 cm³/mol. The summed E-state index contributed by atoms with van der Waals surface area (Å²) in [5.41, 5.74) is 1.90. The topological polar surface area (TPSA) is 70.1 Å². The van der Waals surface area contributed by atoms with Gasteiger partial charge in [-0.15, -0.1) is 0 Å². The lowest BCUT2D eigenvalue weighted by molar-refractivity contribution is -0.167. The lowest BCUT2D eigenvalue weighted by Crippen LogP contribution is -2.73. The summed E-state index contributed by atoms with van der Waals surface area (Å²) < 4.78 is 5.25. The van der Waals surface area contributed by atoms with Gasteiger partial charge in [0.2, 0.25) is 5.91 Å². The molecule has 0 saturated carbocycles. The zero-order valence-corrected chi connectivity index (χ0v) is 15.1. The van der Waals surface area contributed by atoms with Gasteiger partial charge in [-0.1, -0.05) is 60.7 Å². The van der Waals surface area contributed by atoms with E-state index in [1.807, 2.05) is 60.7 Å². The van der Waals surface area contributed by atoms with Crippen LogP contribution in [0.5, 0.6) is 0 Å². The molecule has 2 aromatic carbocycles. The molecule has 0 radical (unpaired) electrons. The Bertz CT molecular complexity index is 825. The van der Waals surface area contributed by atoms with E-state index in [0.29, 0.717) is 6.54 Å². The van der Waals surface area contributed by atoms with Crippen LogP contribution in [0.25, 0.3) is 0 Å². The van der Waals surface area contributed by atoms with E-state index in [2.05, 4.69) is 0 Å². The van der Waals surface area contributed by atoms with Crippen molar-refractivity contribution < 1.29 is 19.4 Å². The predicted octanol–water partition coefficient (Wildman–Crippen LogP) is 2.34. The highest BCUT2D eigenvalue weighted by Crippen LogP contribution is 2.38. The number of amides is 2. The second-order valence-corrected chi connectivity index (χ2v) is 7.04. The largest absolute Gasteiger partial charge is 0.447 e. The van der Waals surface area contributed by atoms with E-state index in [1.165, 1.54) is 4.90 Å². The van der Waals surface area contributed by atoms with Crippen LogP contribution in [-0.4, -0.2) is 51.7 Å². The molecule has 6 heteroatoms. The number of hydrogen-bond acceptors (Lipinski definition) is 4. The van der Waals surface area contributed by atoms with Crippen molar-refractivity contribution in [2.75, 3.05) is 6.61 Å². The van der Waals surface area contributed by atoms with E-state index >= 15 is 0 Å². The van der Waals surface area contributed by atoms with E-state index in [0.717, 1.165) is 11.1 Å². The summed E-state index contributed by atoms with van der Waals surface area (Å²) in [6.45, 7) is 2.27. The first-order chi connectivity index (χ1) is 13.1. The van der Waals surface area contributed by atoms with Crippen molar-refractivity contribution >= 4 is 12.0 Å². The molecule has 0 aromatic heterocycles. The maximum Gasteiger partial charge on any atom is 0.411 e. The van der Waals surface area contributed by atoms with Gasteiger partial charge in [-0.25, -0.2) is 4.79 Å². The molecule has 6 nitrogen and oxygen atoms in total. The molecule has 4 rings (SSSR count). The Morgan fingerprint density at radius 3 is 2.33 bits per heavy atom. The van der Waals surface area contributed by atoms with Crippen LogP contribution in [0.2, 0.25) is 0 Å². The van der Waals surface area contributed by atoms with Crippen LogP contribution < -0.4 is 0 Å². The third-order valence-corrected chi connectivity index (χ3v) is 5.30. The minimum Gasteiger partial charge on any atom is -0.447 e. The van der Waals surface area contributed by atoms with Gasteiger partial charge in [-0.2, -0.15) is 0 Å². The lowest BCUT2D eigenvalue weighted by atomic mass is 9.87. The Balaban J connectivity index is 1.60. The lowest BCUT2D eigenvalue weighted by Gasteiger charge is -2.52. The molecule has 140 valence electrons. The number of benzene rings is 2. The zero-order valence-electron chi connectivity index (χ0n) is 15.1. The molecule has 2 heterocycles. The van der Waals surface area contributed by atoms with Crippen molar-refractivity contribution in [3.63, 3.8) is 0 Å². The summed E-state index contributed by atoms with van der Waals surface area (Å²) in [6.07, 6.45) is -1.27. The van der Waals surface area contributed by atoms with Crippen LogP contribution in [0, 0.1) is 0 Å². The fourth-order valence-corrected chi connectivity index (χ4v) is 3.99. The maximum absolute atomic E-state index is 13.0. The number of nitrogens with zero attached hydrogens (tertiary/aromatic N) is 2. The third kappa shape index (κ3) is 3.06. The minimum absolute atomic E-state index is 0.162. The average molecular weight is 366 g/mol. The van der Waals surface area contributed by atoms with Crippen LogP contribution in [-0.2, 0) is 16.1 Å². The van der Waals surface area contributed by atoms with Crippen molar-refractivity contribution in [2.24, 2.45) is 0 Å². The van der Waals surface area contributed by atoms with Gasteiger partial charge in [-0.05, 0) is 18.1 Å². The monoisotopic (exact) mass is 366 g/mol. The number of carbonyl (C=O) groups is 2. The van der Waals surface area contributed by atoms with E-state index in [9.17, 15) is 14.7 Å². The van der Waals surface area contributed by atoms with Gasteiger partial charge in [0.05, 0.1) is 18.2 Å². The Labute approximate surface area is 158 Å². The Kier molecular flexibility index (Phi) is 4.58. The fourth-order valence-electron chi connectivity index (χ4n) is 3.99. The van der Waals surface area contributed by atoms with Crippen LogP contribution in [0.3, 0.4) is 0 Å². The van der Waals surface area contributed by atoms with Crippen LogP contribution in [0.15, 0.2) is 60.7 Å². The molecule has 0 aliphatic carbocycles. The number of cyclic esters (lactones) is 1. The summed E-state index contributed by atoms with van der Waals surface area (Å²) in [5, 5.41) is 10.3. The number of hydrogen-bond donors (Lipinski definition) is 1. The first-order valence-corrected chi connectivity index (χ1v) is 9.10. The molecule has 2 amide bonds. The van der Waals surface area contributed by atoms with Gasteiger partial charge in [-0.3, -0.25) is 9.69 Å². The van der Waals surface area contributed by atoms with Crippen LogP contribution >= 0.6 is 0 Å². The highest BCUT2D eigenvalue weighted by Gasteiger charge is 2.57. The number of likely N-dealkylation sites (tertiary alicyclic amines) is 1. The van der Waals surface area contributed by atoms with Crippen LogP contribution in [0.1, 0.15) is 24.1 Å². The van der Waals surface area contributed by atoms with Gasteiger partial charge >= 0.3 is 6.09 Å². The van der Waals surface area contributed by atoms with Gasteiger partial charge in [0.15, 0.2) is 0 Å². The van der Waals surface area contributed by atoms with Gasteiger partial charge in [0.25, 0.3) is 0 Å². The molecule has 2 fully saturated rings. The molecule has 1 N–H and O–H groups in total. The molecule has 27 heavy (non-hydrogen) atoms. The average Bonchev–Trinajstić information content (AvgIpc) is 3.06. The number of aliphatic hydroxyl groups is 1. The zero-order chi connectivity index (χ0) is 19.0. The Hall–Kier alpha value is -2.86. The highest BCUT2D eigenvalue weighted by molar-refractivity contribution is 5.93. The fraction of sp³-hybridized carbons (Fsp3) is 0.333. The highest BCUT2D eigenvalue weighted by atomic mass is 16.6. The first-order valence-electron chi connectivity index (χ1n) is 9.10. The molecule has 2 saturated heterocycles. The second kappa shape index (κ2) is 7.04. The molecule has 4 atom stereocenters. The number of ether oxygens (including phenoxy) is 1. The third-order valence-electron chi connectivity index (χ3n) is 5.30. The van der Waals surface area contributed by atoms with Crippen LogP contribution in [0.4, 0.5) is 4.79 Å². The Morgan fingerprint density at radius 2 is 1.70 bits per heavy atom. The minimum atomic E-state index is -0.763. The van der Waals surface area contributed by atoms with E-state index < -0.39 is 24.3 Å². The SMILES string of the molecule is C[C@H](O)[C@@H]1[C@H](N2C(=O)OC[C@@H]2c2ccccc2)C(=O)N1Cc1ccccc1. The molecule has 2 aromatic rings.